The average Bonchev–Trinajstić information content (AvgIpc) is 2.95. The molecular weight excluding hydrogens is 283 g/mol. The van der Waals surface area contributed by atoms with Crippen LogP contribution in [0.25, 0.3) is 0 Å². The van der Waals surface area contributed by atoms with E-state index in [0.717, 1.165) is 44.8 Å². The zero-order chi connectivity index (χ0) is 15.0. The van der Waals surface area contributed by atoms with Crippen molar-refractivity contribution in [2.75, 3.05) is 13.1 Å². The second kappa shape index (κ2) is 5.35. The molecule has 7 heteroatoms. The van der Waals surface area contributed by atoms with Crippen LogP contribution in [-0.4, -0.2) is 33.7 Å². The number of alkyl halides is 3. The van der Waals surface area contributed by atoms with Crippen molar-refractivity contribution in [3.8, 4) is 0 Å². The Hall–Kier alpha value is -1.53. The summed E-state index contributed by atoms with van der Waals surface area (Å²) in [5.41, 5.74) is -0.227. The Morgan fingerprint density at radius 3 is 2.52 bits per heavy atom. The second-order valence-corrected chi connectivity index (χ2v) is 5.79. The van der Waals surface area contributed by atoms with Gasteiger partial charge in [-0.05, 0) is 31.7 Å². The number of rotatable bonds is 4. The van der Waals surface area contributed by atoms with Crippen molar-refractivity contribution in [2.45, 2.75) is 50.7 Å². The highest BCUT2D eigenvalue weighted by molar-refractivity contribution is 5.76. The van der Waals surface area contributed by atoms with Gasteiger partial charge in [-0.2, -0.15) is 18.3 Å². The fourth-order valence-electron chi connectivity index (χ4n) is 2.78. The number of hydrogen-bond donors (Lipinski definition) is 0. The van der Waals surface area contributed by atoms with Crippen LogP contribution in [0.1, 0.15) is 49.4 Å². The third-order valence-corrected chi connectivity index (χ3v) is 4.09. The smallest absolute Gasteiger partial charge is 0.343 e. The van der Waals surface area contributed by atoms with E-state index in [1.165, 1.54) is 4.68 Å². The maximum absolute atomic E-state index is 12.8. The van der Waals surface area contributed by atoms with Crippen LogP contribution in [0.2, 0.25) is 0 Å². The molecule has 1 aromatic rings. The molecule has 1 amide bonds. The highest BCUT2D eigenvalue weighted by atomic mass is 19.4. The number of hydrogen-bond acceptors (Lipinski definition) is 2. The maximum Gasteiger partial charge on any atom is 0.435 e. The van der Waals surface area contributed by atoms with Crippen molar-refractivity contribution in [1.29, 1.82) is 0 Å². The third-order valence-electron chi connectivity index (χ3n) is 4.09. The molecule has 4 nitrogen and oxygen atoms in total. The summed E-state index contributed by atoms with van der Waals surface area (Å²) in [6.07, 6.45) is -0.364. The lowest BCUT2D eigenvalue weighted by Crippen LogP contribution is -2.28. The Balaban J connectivity index is 1.69. The van der Waals surface area contributed by atoms with E-state index < -0.39 is 11.9 Å². The van der Waals surface area contributed by atoms with Crippen LogP contribution in [0.15, 0.2) is 6.07 Å². The Bertz CT molecular complexity index is 528. The SMILES string of the molecule is O=C(CCn1nc(C(F)(F)F)cc1C1CC1)N1CCCC1. The summed E-state index contributed by atoms with van der Waals surface area (Å²) in [7, 11) is 0. The van der Waals surface area contributed by atoms with Gasteiger partial charge in [0.1, 0.15) is 0 Å². The molecule has 0 spiro atoms. The van der Waals surface area contributed by atoms with E-state index in [0.29, 0.717) is 5.69 Å². The summed E-state index contributed by atoms with van der Waals surface area (Å²) in [6, 6.07) is 1.14. The molecule has 0 bridgehead atoms. The summed E-state index contributed by atoms with van der Waals surface area (Å²) in [5.74, 6) is 0.189. The van der Waals surface area contributed by atoms with Gasteiger partial charge >= 0.3 is 6.18 Å². The van der Waals surface area contributed by atoms with E-state index in [-0.39, 0.29) is 24.8 Å². The molecule has 0 radical (unpaired) electrons. The highest BCUT2D eigenvalue weighted by Gasteiger charge is 2.37. The molecule has 1 aliphatic heterocycles. The Morgan fingerprint density at radius 2 is 1.95 bits per heavy atom. The molecular formula is C14H18F3N3O. The van der Waals surface area contributed by atoms with Gasteiger partial charge in [-0.1, -0.05) is 0 Å². The highest BCUT2D eigenvalue weighted by Crippen LogP contribution is 2.42. The summed E-state index contributed by atoms with van der Waals surface area (Å²) in [4.78, 5) is 13.8. The van der Waals surface area contributed by atoms with Gasteiger partial charge in [-0.15, -0.1) is 0 Å². The molecule has 1 saturated carbocycles. The Kier molecular flexibility index (Phi) is 3.67. The first kappa shape index (κ1) is 14.4. The van der Waals surface area contributed by atoms with Crippen molar-refractivity contribution < 1.29 is 18.0 Å². The van der Waals surface area contributed by atoms with Crippen LogP contribution in [0.3, 0.4) is 0 Å². The van der Waals surface area contributed by atoms with Gasteiger partial charge < -0.3 is 4.90 Å². The van der Waals surface area contributed by atoms with Gasteiger partial charge in [0, 0.05) is 37.7 Å². The van der Waals surface area contributed by atoms with Crippen LogP contribution in [0.5, 0.6) is 0 Å². The van der Waals surface area contributed by atoms with E-state index in [1.807, 2.05) is 0 Å². The van der Waals surface area contributed by atoms with Crippen LogP contribution < -0.4 is 0 Å². The lowest BCUT2D eigenvalue weighted by Gasteiger charge is -2.15. The van der Waals surface area contributed by atoms with Crippen molar-refractivity contribution in [2.24, 2.45) is 0 Å². The van der Waals surface area contributed by atoms with Gasteiger partial charge in [-0.25, -0.2) is 0 Å². The van der Waals surface area contributed by atoms with Crippen molar-refractivity contribution >= 4 is 5.91 Å². The topological polar surface area (TPSA) is 38.1 Å². The van der Waals surface area contributed by atoms with E-state index in [1.54, 1.807) is 4.90 Å². The van der Waals surface area contributed by atoms with Gasteiger partial charge in [0.25, 0.3) is 0 Å². The summed E-state index contributed by atoms with van der Waals surface area (Å²) >= 11 is 0. The number of likely N-dealkylation sites (tertiary alicyclic amines) is 1. The predicted molar refractivity (Wildman–Crippen MR) is 69.6 cm³/mol. The second-order valence-electron chi connectivity index (χ2n) is 5.79. The lowest BCUT2D eigenvalue weighted by atomic mass is 10.2. The Labute approximate surface area is 120 Å². The first-order valence-corrected chi connectivity index (χ1v) is 7.38. The van der Waals surface area contributed by atoms with Crippen LogP contribution in [-0.2, 0) is 17.5 Å². The minimum absolute atomic E-state index is 0.0123. The average molecular weight is 301 g/mol. The van der Waals surface area contributed by atoms with Crippen LogP contribution >= 0.6 is 0 Å². The van der Waals surface area contributed by atoms with Gasteiger partial charge in [0.05, 0.1) is 0 Å². The predicted octanol–water partition coefficient (Wildman–Crippen LogP) is 2.79. The summed E-state index contributed by atoms with van der Waals surface area (Å²) in [5, 5.41) is 3.66. The third kappa shape index (κ3) is 3.22. The molecule has 2 heterocycles. The number of amides is 1. The summed E-state index contributed by atoms with van der Waals surface area (Å²) < 4.78 is 39.7. The molecule has 1 aromatic heterocycles. The first-order valence-electron chi connectivity index (χ1n) is 7.38. The maximum atomic E-state index is 12.8. The molecule has 0 aromatic carbocycles. The number of aryl methyl sites for hydroxylation is 1. The fraction of sp³-hybridized carbons (Fsp3) is 0.714. The molecule has 21 heavy (non-hydrogen) atoms. The molecule has 116 valence electrons. The number of carbonyl (C=O) groups is 1. The van der Waals surface area contributed by atoms with Gasteiger partial charge in [0.2, 0.25) is 5.91 Å². The monoisotopic (exact) mass is 301 g/mol. The molecule has 0 unspecified atom stereocenters. The van der Waals surface area contributed by atoms with Crippen molar-refractivity contribution in [3.05, 3.63) is 17.5 Å². The standard InChI is InChI=1S/C14H18F3N3O/c15-14(16,17)12-9-11(10-3-4-10)20(18-12)8-5-13(21)19-6-1-2-7-19/h9-10H,1-8H2. The first-order chi connectivity index (χ1) is 9.95. The van der Waals surface area contributed by atoms with Crippen LogP contribution in [0.4, 0.5) is 13.2 Å². The van der Waals surface area contributed by atoms with Crippen molar-refractivity contribution in [3.63, 3.8) is 0 Å². The number of aromatic nitrogens is 2. The zero-order valence-corrected chi connectivity index (χ0v) is 11.7. The molecule has 2 fully saturated rings. The minimum Gasteiger partial charge on any atom is -0.343 e. The van der Waals surface area contributed by atoms with E-state index in [9.17, 15) is 18.0 Å². The largest absolute Gasteiger partial charge is 0.435 e. The van der Waals surface area contributed by atoms with Crippen LogP contribution in [0, 0.1) is 0 Å². The molecule has 2 aliphatic rings. The fourth-order valence-corrected chi connectivity index (χ4v) is 2.78. The van der Waals surface area contributed by atoms with Gasteiger partial charge in [0.15, 0.2) is 5.69 Å². The van der Waals surface area contributed by atoms with Crippen molar-refractivity contribution in [1.82, 2.24) is 14.7 Å². The normalized spacial score (nSPS) is 19.3. The molecule has 0 atom stereocenters. The zero-order valence-electron chi connectivity index (χ0n) is 11.7. The number of carbonyl (C=O) groups excluding carboxylic acids is 1. The molecule has 1 saturated heterocycles. The van der Waals surface area contributed by atoms with E-state index >= 15 is 0 Å². The van der Waals surface area contributed by atoms with E-state index in [4.69, 9.17) is 0 Å². The molecule has 1 aliphatic carbocycles. The molecule has 0 N–H and O–H groups in total. The Morgan fingerprint density at radius 1 is 1.29 bits per heavy atom. The van der Waals surface area contributed by atoms with Gasteiger partial charge in [-0.3, -0.25) is 9.48 Å². The quantitative estimate of drug-likeness (QED) is 0.857. The molecule has 3 rings (SSSR count). The number of halogens is 3. The number of nitrogens with zero attached hydrogens (tertiary/aromatic N) is 3. The lowest BCUT2D eigenvalue weighted by molar-refractivity contribution is -0.141. The van der Waals surface area contributed by atoms with E-state index in [2.05, 4.69) is 5.10 Å². The summed E-state index contributed by atoms with van der Waals surface area (Å²) in [6.45, 7) is 1.76. The minimum atomic E-state index is -4.42.